The number of sulfone groups is 1. The first kappa shape index (κ1) is 21.3. The largest absolute Gasteiger partial charge is 0.308 e. The van der Waals surface area contributed by atoms with Crippen molar-refractivity contribution in [3.8, 4) is 0 Å². The molecule has 29 heavy (non-hydrogen) atoms. The molecule has 1 heterocycles. The number of likely N-dealkylation sites (N-methyl/N-ethyl adjacent to an activating group) is 1. The van der Waals surface area contributed by atoms with Gasteiger partial charge in [0.1, 0.15) is 17.4 Å². The highest BCUT2D eigenvalue weighted by molar-refractivity contribution is 7.92. The third kappa shape index (κ3) is 5.14. The lowest BCUT2D eigenvalue weighted by molar-refractivity contribution is -0.116. The number of carbonyl (C=O) groups is 1. The van der Waals surface area contributed by atoms with Crippen LogP contribution in [-0.4, -0.2) is 57.1 Å². The van der Waals surface area contributed by atoms with Crippen LogP contribution in [0.4, 0.5) is 13.9 Å². The normalized spacial score (nSPS) is 11.9. The lowest BCUT2D eigenvalue weighted by Gasteiger charge is -2.22. The molecule has 0 aliphatic carbocycles. The van der Waals surface area contributed by atoms with Gasteiger partial charge in [-0.05, 0) is 56.6 Å². The highest BCUT2D eigenvalue weighted by Gasteiger charge is 2.26. The van der Waals surface area contributed by atoms with E-state index in [4.69, 9.17) is 0 Å². The summed E-state index contributed by atoms with van der Waals surface area (Å²) < 4.78 is 52.3. The SMILES string of the molecule is CN(C)CCN(C(=O)CS(=O)(=O)c1ccc(F)cc1)c1nc2ccc(F)cc2s1. The first-order chi connectivity index (χ1) is 13.7. The second-order valence-corrected chi connectivity index (χ2v) is 9.67. The van der Waals surface area contributed by atoms with Crippen LogP contribution < -0.4 is 4.90 Å². The number of amides is 1. The van der Waals surface area contributed by atoms with E-state index < -0.39 is 33.1 Å². The maximum absolute atomic E-state index is 13.5. The topological polar surface area (TPSA) is 70.6 Å². The maximum Gasteiger partial charge on any atom is 0.244 e. The zero-order valence-corrected chi connectivity index (χ0v) is 17.4. The summed E-state index contributed by atoms with van der Waals surface area (Å²) in [4.78, 5) is 20.3. The number of benzene rings is 2. The van der Waals surface area contributed by atoms with Crippen molar-refractivity contribution in [2.45, 2.75) is 4.90 Å². The van der Waals surface area contributed by atoms with Crippen LogP contribution >= 0.6 is 11.3 Å². The van der Waals surface area contributed by atoms with Gasteiger partial charge in [0.2, 0.25) is 5.91 Å². The average molecular weight is 440 g/mol. The van der Waals surface area contributed by atoms with Crippen LogP contribution in [0.25, 0.3) is 10.2 Å². The number of hydrogen-bond acceptors (Lipinski definition) is 6. The lowest BCUT2D eigenvalue weighted by Crippen LogP contribution is -2.40. The number of thiazole rings is 1. The molecule has 0 unspecified atom stereocenters. The Balaban J connectivity index is 1.90. The highest BCUT2D eigenvalue weighted by atomic mass is 32.2. The van der Waals surface area contributed by atoms with Crippen molar-refractivity contribution >= 4 is 42.4 Å². The Morgan fingerprint density at radius 1 is 1.03 bits per heavy atom. The quantitative estimate of drug-likeness (QED) is 0.530. The molecular weight excluding hydrogens is 420 g/mol. The molecule has 2 aromatic carbocycles. The second kappa shape index (κ2) is 8.52. The van der Waals surface area contributed by atoms with Gasteiger partial charge in [-0.15, -0.1) is 0 Å². The van der Waals surface area contributed by atoms with Gasteiger partial charge in [-0.3, -0.25) is 9.69 Å². The molecule has 0 saturated heterocycles. The van der Waals surface area contributed by atoms with E-state index in [0.717, 1.165) is 35.6 Å². The van der Waals surface area contributed by atoms with Crippen LogP contribution in [0.15, 0.2) is 47.4 Å². The molecule has 0 saturated carbocycles. The second-order valence-electron chi connectivity index (χ2n) is 6.67. The van der Waals surface area contributed by atoms with Crippen LogP contribution in [-0.2, 0) is 14.6 Å². The Morgan fingerprint density at radius 2 is 1.69 bits per heavy atom. The van der Waals surface area contributed by atoms with Gasteiger partial charge in [0, 0.05) is 13.1 Å². The maximum atomic E-state index is 13.5. The predicted octanol–water partition coefficient (Wildman–Crippen LogP) is 2.94. The molecule has 0 spiro atoms. The summed E-state index contributed by atoms with van der Waals surface area (Å²) in [5.41, 5.74) is 0.524. The molecule has 0 N–H and O–H groups in total. The van der Waals surface area contributed by atoms with Crippen molar-refractivity contribution in [1.82, 2.24) is 9.88 Å². The van der Waals surface area contributed by atoms with Gasteiger partial charge in [0.25, 0.3) is 0 Å². The summed E-state index contributed by atoms with van der Waals surface area (Å²) >= 11 is 1.11. The van der Waals surface area contributed by atoms with E-state index >= 15 is 0 Å². The minimum Gasteiger partial charge on any atom is -0.308 e. The molecule has 1 amide bonds. The molecule has 1 aromatic heterocycles. The first-order valence-electron chi connectivity index (χ1n) is 8.65. The molecule has 0 radical (unpaired) electrons. The summed E-state index contributed by atoms with van der Waals surface area (Å²) in [5, 5.41) is 0.298. The van der Waals surface area contributed by atoms with Crippen LogP contribution in [0.5, 0.6) is 0 Å². The predicted molar refractivity (Wildman–Crippen MR) is 109 cm³/mol. The Kier molecular flexibility index (Phi) is 6.25. The standard InChI is InChI=1S/C19H19F2N3O3S2/c1-23(2)9-10-24(19-22-16-8-5-14(21)11-17(16)28-19)18(25)12-29(26,27)15-6-3-13(20)4-7-15/h3-8,11H,9-10,12H2,1-2H3. The third-order valence-electron chi connectivity index (χ3n) is 4.13. The van der Waals surface area contributed by atoms with Crippen LogP contribution in [0.2, 0.25) is 0 Å². The van der Waals surface area contributed by atoms with Gasteiger partial charge in [0.05, 0.1) is 15.1 Å². The van der Waals surface area contributed by atoms with Crippen molar-refractivity contribution in [3.05, 3.63) is 54.1 Å². The molecule has 3 aromatic rings. The molecule has 0 bridgehead atoms. The van der Waals surface area contributed by atoms with E-state index in [1.165, 1.54) is 23.1 Å². The fourth-order valence-electron chi connectivity index (χ4n) is 2.59. The van der Waals surface area contributed by atoms with E-state index in [2.05, 4.69) is 4.98 Å². The van der Waals surface area contributed by atoms with Gasteiger partial charge < -0.3 is 4.90 Å². The van der Waals surface area contributed by atoms with Gasteiger partial charge in [-0.1, -0.05) is 11.3 Å². The summed E-state index contributed by atoms with van der Waals surface area (Å²) in [6.07, 6.45) is 0. The van der Waals surface area contributed by atoms with Crippen LogP contribution in [0, 0.1) is 11.6 Å². The molecule has 0 fully saturated rings. The number of anilines is 1. The Morgan fingerprint density at radius 3 is 2.34 bits per heavy atom. The molecular formula is C19H19F2N3O3S2. The number of halogens is 2. The summed E-state index contributed by atoms with van der Waals surface area (Å²) in [6, 6.07) is 8.42. The molecule has 6 nitrogen and oxygen atoms in total. The zero-order valence-electron chi connectivity index (χ0n) is 15.8. The minimum atomic E-state index is -3.96. The fraction of sp³-hybridized carbons (Fsp3) is 0.263. The molecule has 154 valence electrons. The van der Waals surface area contributed by atoms with E-state index in [1.807, 2.05) is 19.0 Å². The first-order valence-corrected chi connectivity index (χ1v) is 11.1. The van der Waals surface area contributed by atoms with E-state index in [1.54, 1.807) is 0 Å². The van der Waals surface area contributed by atoms with Crippen LogP contribution in [0.1, 0.15) is 0 Å². The summed E-state index contributed by atoms with van der Waals surface area (Å²) in [5.74, 6) is -2.42. The Hall–Kier alpha value is -2.43. The average Bonchev–Trinajstić information content (AvgIpc) is 3.04. The Labute approximate surface area is 171 Å². The highest BCUT2D eigenvalue weighted by Crippen LogP contribution is 2.29. The van der Waals surface area contributed by atoms with Gasteiger partial charge in [0.15, 0.2) is 15.0 Å². The smallest absolute Gasteiger partial charge is 0.244 e. The Bertz CT molecular complexity index is 1130. The molecule has 10 heteroatoms. The molecule has 0 aliphatic rings. The van der Waals surface area contributed by atoms with Crippen molar-refractivity contribution in [1.29, 1.82) is 0 Å². The van der Waals surface area contributed by atoms with Crippen molar-refractivity contribution in [2.75, 3.05) is 37.8 Å². The number of nitrogens with zero attached hydrogens (tertiary/aromatic N) is 3. The molecule has 0 aliphatic heterocycles. The van der Waals surface area contributed by atoms with Gasteiger partial charge in [-0.25, -0.2) is 22.2 Å². The monoisotopic (exact) mass is 439 g/mol. The van der Waals surface area contributed by atoms with Crippen molar-refractivity contribution in [2.24, 2.45) is 0 Å². The van der Waals surface area contributed by atoms with Crippen molar-refractivity contribution in [3.63, 3.8) is 0 Å². The number of aromatic nitrogens is 1. The fourth-order valence-corrected chi connectivity index (χ4v) is 4.83. The van der Waals surface area contributed by atoms with Gasteiger partial charge in [-0.2, -0.15) is 0 Å². The van der Waals surface area contributed by atoms with E-state index in [9.17, 15) is 22.0 Å². The van der Waals surface area contributed by atoms with Crippen molar-refractivity contribution < 1.29 is 22.0 Å². The lowest BCUT2D eigenvalue weighted by atomic mass is 10.3. The number of carbonyl (C=O) groups excluding carboxylic acids is 1. The third-order valence-corrected chi connectivity index (χ3v) is 6.79. The van der Waals surface area contributed by atoms with Gasteiger partial charge >= 0.3 is 0 Å². The summed E-state index contributed by atoms with van der Waals surface area (Å²) in [7, 11) is -0.309. The summed E-state index contributed by atoms with van der Waals surface area (Å²) in [6.45, 7) is 0.694. The zero-order chi connectivity index (χ0) is 21.2. The molecule has 0 atom stereocenters. The minimum absolute atomic E-state index is 0.133. The number of rotatable bonds is 7. The number of hydrogen-bond donors (Lipinski definition) is 0. The van der Waals surface area contributed by atoms with E-state index in [-0.39, 0.29) is 11.4 Å². The number of fused-ring (bicyclic) bond motifs is 1. The molecule has 3 rings (SSSR count). The van der Waals surface area contributed by atoms with E-state index in [0.29, 0.717) is 21.9 Å². The van der Waals surface area contributed by atoms with Crippen LogP contribution in [0.3, 0.4) is 0 Å².